The summed E-state index contributed by atoms with van der Waals surface area (Å²) in [5.74, 6) is 1.44. The first-order valence-corrected chi connectivity index (χ1v) is 36.1. The van der Waals surface area contributed by atoms with E-state index in [-0.39, 0.29) is 35.0 Å². The third kappa shape index (κ3) is 56.3. The smallest absolute Gasteiger partial charge is 0.870 e. The molecule has 0 fully saturated rings. The van der Waals surface area contributed by atoms with Crippen molar-refractivity contribution >= 4 is 70.4 Å². The molecule has 0 unspecified atom stereocenters. The van der Waals surface area contributed by atoms with Gasteiger partial charge in [0.15, 0.2) is 54.8 Å². The van der Waals surface area contributed by atoms with Crippen molar-refractivity contribution in [2.45, 2.75) is 152 Å². The van der Waals surface area contributed by atoms with Gasteiger partial charge in [0.05, 0.1) is 49.4 Å². The van der Waals surface area contributed by atoms with Crippen LogP contribution in [0.1, 0.15) is 126 Å². The van der Waals surface area contributed by atoms with Crippen molar-refractivity contribution in [1.29, 1.82) is 0 Å². The number of oxazole rings is 2. The molecule has 0 atom stereocenters. The van der Waals surface area contributed by atoms with Crippen LogP contribution in [0.25, 0.3) is 22.6 Å². The van der Waals surface area contributed by atoms with E-state index in [1.165, 1.54) is 46.6 Å². The number of halogens is 1. The van der Waals surface area contributed by atoms with E-state index in [2.05, 4.69) is 150 Å². The SMILES string of the molecule is CC(C)(C)OC(=O)NCc1cccc(N)c1.CC(C)(C)OC(=O)NCc1cccc(NOC#CONc2ccc(-c3cnco3)cc2)c1.CC(C)(C)OC(=O)NCc1cccc(NOC#COO)c1.CCN(CC)CC.COOC#COCl.COOC#CONc1cccc(CNC(=O)OC(C)(C)C)c1.Nc1ccc(-c2cnco2)cc1.[Na+].[OH-]. The Morgan fingerprint density at radius 1 is 0.429 bits per heavy atom. The summed E-state index contributed by atoms with van der Waals surface area (Å²) in [5, 5.41) is 18.7. The molecule has 4 amide bonds. The third-order valence-corrected chi connectivity index (χ3v) is 13.1. The number of nitrogens with one attached hydrogen (secondary N) is 8. The summed E-state index contributed by atoms with van der Waals surface area (Å²) in [4.78, 5) is 96.1. The number of ether oxygens (including phenoxy) is 4. The topological polar surface area (TPSA) is 451 Å². The van der Waals surface area contributed by atoms with Gasteiger partial charge in [0.25, 0.3) is 0 Å². The van der Waals surface area contributed by atoms with Crippen LogP contribution >= 0.6 is 11.9 Å². The van der Waals surface area contributed by atoms with Gasteiger partial charge >= 0.3 is 53.9 Å². The number of hydrogen-bond acceptors (Lipinski definition) is 31. The Kier molecular flexibility index (Phi) is 54.3. The van der Waals surface area contributed by atoms with Gasteiger partial charge in [-0.05, 0) is 222 Å². The molecule has 37 heteroatoms. The first-order chi connectivity index (χ1) is 55.7. The van der Waals surface area contributed by atoms with Crippen molar-refractivity contribution in [3.63, 3.8) is 0 Å². The number of amides is 4. The van der Waals surface area contributed by atoms with Crippen molar-refractivity contribution in [3.8, 4) is 71.5 Å². The average molecular weight is 1690 g/mol. The maximum absolute atomic E-state index is 11.7. The molecule has 0 bridgehead atoms. The molecule has 0 saturated carbocycles. The van der Waals surface area contributed by atoms with Gasteiger partial charge < -0.3 is 94.5 Å². The van der Waals surface area contributed by atoms with Gasteiger partial charge in [0, 0.05) is 48.7 Å². The van der Waals surface area contributed by atoms with Crippen LogP contribution in [-0.4, -0.2) is 106 Å². The van der Waals surface area contributed by atoms with E-state index in [1.807, 2.05) is 184 Å². The zero-order chi connectivity index (χ0) is 86.8. The fraction of sp³-hybridized carbons (Fsp3) is 0.341. The minimum absolute atomic E-state index is 0. The molecule has 0 spiro atoms. The normalized spacial score (nSPS) is 9.82. The molecule has 2 aromatic heterocycles. The summed E-state index contributed by atoms with van der Waals surface area (Å²) in [6.45, 7) is 33.2. The van der Waals surface area contributed by atoms with Gasteiger partial charge in [-0.15, -0.1) is 0 Å². The number of aromatic nitrogens is 2. The minimum atomic E-state index is -0.544. The van der Waals surface area contributed by atoms with Gasteiger partial charge in [-0.1, -0.05) is 69.3 Å². The second-order valence-electron chi connectivity index (χ2n) is 27.1. The number of carbonyl (C=O) groups is 4. The van der Waals surface area contributed by atoms with Crippen molar-refractivity contribution < 1.29 is 135 Å². The molecule has 640 valence electrons. The maximum Gasteiger partial charge on any atom is 1.00 e. The first-order valence-electron chi connectivity index (χ1n) is 35.8. The second-order valence-corrected chi connectivity index (χ2v) is 27.3. The number of nitrogens with zero attached hydrogens (tertiary/aromatic N) is 3. The van der Waals surface area contributed by atoms with E-state index in [9.17, 15) is 19.2 Å². The van der Waals surface area contributed by atoms with Crippen molar-refractivity contribution in [2.24, 2.45) is 0 Å². The summed E-state index contributed by atoms with van der Waals surface area (Å²) < 4.78 is 34.7. The standard InChI is InChI=1S/C23H24N4O5.C15H20N2O5.C14H18N2O5.C12H18N2O2.C9H8N2O.C6H15N.C3H3ClO3.Na.H2O/c1-23(2,3)32-22(28)25-14-17-5-4-6-20(13-17)27-31-12-11-30-26-19-9-7-18(8-10-19)21-15-24-16-29-21;1-15(2,3)22-14(18)16-11-12-6-5-7-13(10-12)17-20-8-9-21-19-4;1-14(2,3)21-13(17)15-10-11-5-4-6-12(9-11)16-19-7-8-20-18;1-12(2,3)16-11(15)14-8-9-5-4-6-10(13)7-9;10-8-3-1-7(2-4-8)9-5-11-6-12-9;1-4-7(5-2)6-3;1-5-7-3-2-6-4;;/h4-10,13,15-16,26-27H,14H2,1-3H3,(H,25,28);5-7,10,17H,11H2,1-4H3,(H,16,18);4-6,9,16,18H,10H2,1-3H3,(H,15,17);4-7H,8,13H2,1-3H3,(H,14,15);1-6H,10H2;4-6H2,1-3H3;1H3;;1H2/q;;;;;;;+1;/p-1. The van der Waals surface area contributed by atoms with Gasteiger partial charge in [-0.2, -0.15) is 15.0 Å². The molecule has 0 saturated heterocycles. The summed E-state index contributed by atoms with van der Waals surface area (Å²) >= 11 is 4.63. The number of hydrogen-bond donors (Lipinski definition) is 11. The molecule has 0 aliphatic heterocycles. The van der Waals surface area contributed by atoms with E-state index < -0.39 is 46.8 Å². The Morgan fingerprint density at radius 3 is 1.03 bits per heavy atom. The van der Waals surface area contributed by atoms with Crippen LogP contribution in [0.2, 0.25) is 0 Å². The van der Waals surface area contributed by atoms with Crippen molar-refractivity contribution in [1.82, 2.24) is 36.1 Å². The zero-order valence-corrected chi connectivity index (χ0v) is 72.8. The Balaban J connectivity index is 0.00000143. The van der Waals surface area contributed by atoms with E-state index in [4.69, 9.17) is 63.9 Å². The number of anilines is 6. The molecule has 0 radical (unpaired) electrons. The molecule has 8 aromatic rings. The fourth-order valence-corrected chi connectivity index (χ4v) is 8.23. The molecule has 0 aliphatic carbocycles. The van der Waals surface area contributed by atoms with Gasteiger partial charge in [0.2, 0.25) is 18.3 Å². The molecular weight excluding hydrogens is 1580 g/mol. The quantitative estimate of drug-likeness (QED) is 0.00707. The summed E-state index contributed by atoms with van der Waals surface area (Å²) in [6, 6.07) is 43.9. The Bertz CT molecular complexity index is 4380. The Hall–Kier alpha value is -12.7. The summed E-state index contributed by atoms with van der Waals surface area (Å²) in [5.41, 5.74) is 29.2. The second kappa shape index (κ2) is 60.8. The zero-order valence-electron chi connectivity index (χ0n) is 70.0. The molecule has 14 N–H and O–H groups in total. The monoisotopic (exact) mass is 1680 g/mol. The van der Waals surface area contributed by atoms with Gasteiger partial charge in [0.1, 0.15) is 34.3 Å². The van der Waals surface area contributed by atoms with Crippen LogP contribution in [-0.2, 0) is 93.2 Å². The van der Waals surface area contributed by atoms with Gasteiger partial charge in [-0.25, -0.2) is 51.1 Å². The molecule has 35 nitrogen and oxygen atoms in total. The first kappa shape index (κ1) is 106. The van der Waals surface area contributed by atoms with E-state index in [1.54, 1.807) is 75.6 Å². The maximum atomic E-state index is 11.7. The summed E-state index contributed by atoms with van der Waals surface area (Å²) in [6.07, 6.45) is 21.2. The predicted octanol–water partition coefficient (Wildman–Crippen LogP) is 12.7. The third-order valence-electron chi connectivity index (χ3n) is 13.0. The van der Waals surface area contributed by atoms with Crippen LogP contribution in [0.5, 0.6) is 0 Å². The van der Waals surface area contributed by atoms with Crippen molar-refractivity contribution in [3.05, 3.63) is 193 Å². The van der Waals surface area contributed by atoms with Gasteiger partial charge in [-0.3, -0.25) is 14.7 Å². The molecule has 8 rings (SSSR count). The number of carbonyl (C=O) groups excluding carboxylic acids is 4. The van der Waals surface area contributed by atoms with E-state index >= 15 is 0 Å². The van der Waals surface area contributed by atoms with E-state index in [0.29, 0.717) is 60.4 Å². The van der Waals surface area contributed by atoms with Crippen molar-refractivity contribution in [2.75, 3.05) is 67.2 Å². The molecule has 6 aromatic carbocycles. The molecule has 2 heterocycles. The number of benzene rings is 6. The minimum Gasteiger partial charge on any atom is -0.870 e. The van der Waals surface area contributed by atoms with Crippen LogP contribution in [0.15, 0.2) is 180 Å². The summed E-state index contributed by atoms with van der Waals surface area (Å²) in [7, 11) is 2.66. The average Bonchev–Trinajstić information content (AvgIpc) is 1.69. The Labute approximate surface area is 721 Å². The molecular formula is C82H107ClN13NaO22. The van der Waals surface area contributed by atoms with E-state index in [0.717, 1.165) is 44.8 Å². The van der Waals surface area contributed by atoms with Crippen LogP contribution in [0.3, 0.4) is 0 Å². The number of nitrogens with two attached hydrogens (primary N) is 2. The number of rotatable bonds is 23. The van der Waals surface area contributed by atoms with Crippen LogP contribution in [0, 0.1) is 48.9 Å². The number of alkyl carbamates (subject to hydrolysis) is 4. The molecule has 0 aliphatic rings. The predicted molar refractivity (Wildman–Crippen MR) is 443 cm³/mol. The number of nitrogen functional groups attached to an aromatic ring is 2. The molecule has 119 heavy (non-hydrogen) atoms. The van der Waals surface area contributed by atoms with Crippen LogP contribution < -0.4 is 84.2 Å². The van der Waals surface area contributed by atoms with Crippen LogP contribution in [0.4, 0.5) is 53.3 Å². The fourth-order valence-electron chi connectivity index (χ4n) is 8.20. The largest absolute Gasteiger partial charge is 1.00 e. The Morgan fingerprint density at radius 2 is 0.739 bits per heavy atom.